The Labute approximate surface area is 102 Å². The van der Waals surface area contributed by atoms with Gasteiger partial charge < -0.3 is 15.0 Å². The quantitative estimate of drug-likeness (QED) is 0.817. The number of carbonyl (C=O) groups is 1. The number of hydrogen-bond acceptors (Lipinski definition) is 4. The molecule has 0 amide bonds. The SMILES string of the molecule is COC(=O)c1nc(C)n(C(C)CC(C)C)c1N. The number of imidazole rings is 1. The van der Waals surface area contributed by atoms with Crippen LogP contribution in [-0.4, -0.2) is 22.6 Å². The van der Waals surface area contributed by atoms with Crippen molar-refractivity contribution < 1.29 is 9.53 Å². The number of aromatic nitrogens is 2. The van der Waals surface area contributed by atoms with Gasteiger partial charge >= 0.3 is 5.97 Å². The van der Waals surface area contributed by atoms with Crippen molar-refractivity contribution in [2.75, 3.05) is 12.8 Å². The van der Waals surface area contributed by atoms with E-state index in [9.17, 15) is 4.79 Å². The number of esters is 1. The maximum absolute atomic E-state index is 11.5. The van der Waals surface area contributed by atoms with Gasteiger partial charge in [0.2, 0.25) is 0 Å². The van der Waals surface area contributed by atoms with Crippen LogP contribution in [0.25, 0.3) is 0 Å². The van der Waals surface area contributed by atoms with Gasteiger partial charge in [-0.15, -0.1) is 0 Å². The van der Waals surface area contributed by atoms with Crippen LogP contribution in [-0.2, 0) is 4.74 Å². The third-order valence-corrected chi connectivity index (χ3v) is 2.76. The second-order valence-corrected chi connectivity index (χ2v) is 4.73. The van der Waals surface area contributed by atoms with Gasteiger partial charge in [0.1, 0.15) is 11.6 Å². The molecular weight excluding hydrogens is 218 g/mol. The predicted octanol–water partition coefficient (Wildman–Crippen LogP) is 2.17. The molecule has 5 heteroatoms. The standard InChI is InChI=1S/C12H21N3O2/c1-7(2)6-8(3)15-9(4)14-10(11(15)13)12(16)17-5/h7-8H,6,13H2,1-5H3. The lowest BCUT2D eigenvalue weighted by Crippen LogP contribution is -2.13. The number of anilines is 1. The summed E-state index contributed by atoms with van der Waals surface area (Å²) in [6.07, 6.45) is 0.988. The molecule has 5 nitrogen and oxygen atoms in total. The third kappa shape index (κ3) is 2.78. The summed E-state index contributed by atoms with van der Waals surface area (Å²) in [6.45, 7) is 8.23. The van der Waals surface area contributed by atoms with Gasteiger partial charge in [-0.3, -0.25) is 0 Å². The number of nitrogens with two attached hydrogens (primary N) is 1. The van der Waals surface area contributed by atoms with Crippen LogP contribution >= 0.6 is 0 Å². The van der Waals surface area contributed by atoms with Crippen LogP contribution in [0.15, 0.2) is 0 Å². The molecule has 1 aromatic rings. The molecule has 0 aliphatic heterocycles. The van der Waals surface area contributed by atoms with Crippen LogP contribution in [0.3, 0.4) is 0 Å². The zero-order valence-corrected chi connectivity index (χ0v) is 11.2. The Balaban J connectivity index is 3.09. The first-order chi connectivity index (χ1) is 7.88. The monoisotopic (exact) mass is 239 g/mol. The van der Waals surface area contributed by atoms with Crippen LogP contribution in [0, 0.1) is 12.8 Å². The molecule has 0 fully saturated rings. The van der Waals surface area contributed by atoms with E-state index in [0.29, 0.717) is 11.7 Å². The maximum atomic E-state index is 11.5. The molecular formula is C12H21N3O2. The van der Waals surface area contributed by atoms with E-state index in [1.807, 2.05) is 11.5 Å². The average molecular weight is 239 g/mol. The van der Waals surface area contributed by atoms with Crippen LogP contribution in [0.1, 0.15) is 49.5 Å². The largest absolute Gasteiger partial charge is 0.464 e. The van der Waals surface area contributed by atoms with Crippen molar-refractivity contribution in [3.63, 3.8) is 0 Å². The Bertz CT molecular complexity index is 410. The fourth-order valence-electron chi connectivity index (χ4n) is 2.15. The lowest BCUT2D eigenvalue weighted by Gasteiger charge is -2.18. The highest BCUT2D eigenvalue weighted by Crippen LogP contribution is 2.25. The van der Waals surface area contributed by atoms with Crippen molar-refractivity contribution >= 4 is 11.8 Å². The van der Waals surface area contributed by atoms with E-state index >= 15 is 0 Å². The van der Waals surface area contributed by atoms with Gasteiger partial charge in [-0.1, -0.05) is 13.8 Å². The van der Waals surface area contributed by atoms with E-state index in [1.54, 1.807) is 0 Å². The predicted molar refractivity (Wildman–Crippen MR) is 66.9 cm³/mol. The van der Waals surface area contributed by atoms with Gasteiger partial charge in [-0.2, -0.15) is 0 Å². The van der Waals surface area contributed by atoms with Crippen molar-refractivity contribution in [2.24, 2.45) is 5.92 Å². The number of rotatable bonds is 4. The highest BCUT2D eigenvalue weighted by Gasteiger charge is 2.22. The topological polar surface area (TPSA) is 70.1 Å². The summed E-state index contributed by atoms with van der Waals surface area (Å²) in [6, 6.07) is 0.223. The summed E-state index contributed by atoms with van der Waals surface area (Å²) < 4.78 is 6.55. The van der Waals surface area contributed by atoms with Crippen molar-refractivity contribution in [3.8, 4) is 0 Å². The number of ether oxygens (including phenoxy) is 1. The minimum atomic E-state index is -0.485. The molecule has 0 bridgehead atoms. The molecule has 0 saturated heterocycles. The van der Waals surface area contributed by atoms with Gasteiger partial charge in [0.15, 0.2) is 5.69 Å². The smallest absolute Gasteiger partial charge is 0.360 e. The van der Waals surface area contributed by atoms with Gasteiger partial charge in [0.25, 0.3) is 0 Å². The van der Waals surface area contributed by atoms with Gasteiger partial charge in [0.05, 0.1) is 7.11 Å². The summed E-state index contributed by atoms with van der Waals surface area (Å²) in [7, 11) is 1.33. The second kappa shape index (κ2) is 5.21. The van der Waals surface area contributed by atoms with E-state index in [1.165, 1.54) is 7.11 Å². The number of hydrogen-bond donors (Lipinski definition) is 1. The third-order valence-electron chi connectivity index (χ3n) is 2.76. The van der Waals surface area contributed by atoms with Gasteiger partial charge in [0, 0.05) is 6.04 Å². The lowest BCUT2D eigenvalue weighted by atomic mass is 10.1. The molecule has 0 aromatic carbocycles. The first-order valence-corrected chi connectivity index (χ1v) is 5.81. The maximum Gasteiger partial charge on any atom is 0.360 e. The highest BCUT2D eigenvalue weighted by atomic mass is 16.5. The Kier molecular flexibility index (Phi) is 4.15. The van der Waals surface area contributed by atoms with Crippen molar-refractivity contribution in [3.05, 3.63) is 11.5 Å². The normalized spacial score (nSPS) is 12.8. The zero-order valence-electron chi connectivity index (χ0n) is 11.2. The fourth-order valence-corrected chi connectivity index (χ4v) is 2.15. The van der Waals surface area contributed by atoms with Gasteiger partial charge in [-0.05, 0) is 26.2 Å². The Morgan fingerprint density at radius 3 is 2.53 bits per heavy atom. The van der Waals surface area contributed by atoms with Crippen molar-refractivity contribution in [2.45, 2.75) is 40.2 Å². The molecule has 0 radical (unpaired) electrons. The molecule has 1 unspecified atom stereocenters. The molecule has 2 N–H and O–H groups in total. The highest BCUT2D eigenvalue weighted by molar-refractivity contribution is 5.92. The van der Waals surface area contributed by atoms with E-state index in [4.69, 9.17) is 5.73 Å². The Morgan fingerprint density at radius 1 is 1.47 bits per heavy atom. The first-order valence-electron chi connectivity index (χ1n) is 5.81. The second-order valence-electron chi connectivity index (χ2n) is 4.73. The summed E-state index contributed by atoms with van der Waals surface area (Å²) in [4.78, 5) is 15.6. The Morgan fingerprint density at radius 2 is 2.06 bits per heavy atom. The van der Waals surface area contributed by atoms with Crippen molar-refractivity contribution in [1.82, 2.24) is 9.55 Å². The number of nitrogens with zero attached hydrogens (tertiary/aromatic N) is 2. The number of methoxy groups -OCH3 is 1. The molecule has 0 aliphatic rings. The molecule has 17 heavy (non-hydrogen) atoms. The average Bonchev–Trinajstić information content (AvgIpc) is 2.52. The van der Waals surface area contributed by atoms with Crippen LogP contribution in [0.2, 0.25) is 0 Å². The molecule has 1 heterocycles. The zero-order chi connectivity index (χ0) is 13.2. The fraction of sp³-hybridized carbons (Fsp3) is 0.667. The first kappa shape index (κ1) is 13.5. The summed E-state index contributed by atoms with van der Waals surface area (Å²) in [5.74, 6) is 1.22. The molecule has 0 saturated carbocycles. The summed E-state index contributed by atoms with van der Waals surface area (Å²) >= 11 is 0. The van der Waals surface area contributed by atoms with Crippen molar-refractivity contribution in [1.29, 1.82) is 0 Å². The van der Waals surface area contributed by atoms with Gasteiger partial charge in [-0.25, -0.2) is 9.78 Å². The minimum absolute atomic E-state index is 0.209. The Hall–Kier alpha value is -1.52. The van der Waals surface area contributed by atoms with E-state index in [0.717, 1.165) is 12.2 Å². The van der Waals surface area contributed by atoms with Crippen LogP contribution in [0.4, 0.5) is 5.82 Å². The number of aryl methyl sites for hydroxylation is 1. The van der Waals surface area contributed by atoms with E-state index < -0.39 is 5.97 Å². The number of nitrogen functional groups attached to an aromatic ring is 1. The van der Waals surface area contributed by atoms with Crippen LogP contribution in [0.5, 0.6) is 0 Å². The molecule has 0 spiro atoms. The molecule has 1 atom stereocenters. The summed E-state index contributed by atoms with van der Waals surface area (Å²) in [5.41, 5.74) is 6.17. The van der Waals surface area contributed by atoms with Crippen LogP contribution < -0.4 is 5.73 Å². The summed E-state index contributed by atoms with van der Waals surface area (Å²) in [5, 5.41) is 0. The van der Waals surface area contributed by atoms with E-state index in [-0.39, 0.29) is 11.7 Å². The molecule has 0 aliphatic carbocycles. The molecule has 96 valence electrons. The van der Waals surface area contributed by atoms with E-state index in [2.05, 4.69) is 30.5 Å². The lowest BCUT2D eigenvalue weighted by molar-refractivity contribution is 0.0595. The molecule has 1 aromatic heterocycles. The molecule has 1 rings (SSSR count). The number of carbonyl (C=O) groups excluding carboxylic acids is 1. The minimum Gasteiger partial charge on any atom is -0.464 e.